The van der Waals surface area contributed by atoms with Gasteiger partial charge in [-0.3, -0.25) is 9.59 Å². The van der Waals surface area contributed by atoms with Crippen LogP contribution in [0.4, 0.5) is 0 Å². The van der Waals surface area contributed by atoms with Gasteiger partial charge < -0.3 is 14.5 Å². The Morgan fingerprint density at radius 2 is 1.20 bits per heavy atom. The van der Waals surface area contributed by atoms with E-state index in [4.69, 9.17) is 16.3 Å². The summed E-state index contributed by atoms with van der Waals surface area (Å²) in [6.45, 7) is 2.07. The van der Waals surface area contributed by atoms with Crippen molar-refractivity contribution in [2.75, 3.05) is 33.3 Å². The van der Waals surface area contributed by atoms with E-state index in [1.165, 1.54) is 0 Å². The minimum absolute atomic E-state index is 0.0266. The summed E-state index contributed by atoms with van der Waals surface area (Å²) in [6.07, 6.45) is 0. The van der Waals surface area contributed by atoms with Gasteiger partial charge in [0.05, 0.1) is 7.11 Å². The summed E-state index contributed by atoms with van der Waals surface area (Å²) in [6, 6.07) is 13.9. The molecule has 0 aliphatic carbocycles. The van der Waals surface area contributed by atoms with Crippen molar-refractivity contribution < 1.29 is 14.3 Å². The number of hydrogen-bond donors (Lipinski definition) is 0. The average molecular weight is 359 g/mol. The lowest BCUT2D eigenvalue weighted by molar-refractivity contribution is 0.0535. The number of amides is 2. The van der Waals surface area contributed by atoms with Crippen LogP contribution in [-0.4, -0.2) is 54.9 Å². The van der Waals surface area contributed by atoms with Crippen molar-refractivity contribution in [2.24, 2.45) is 0 Å². The number of hydrogen-bond acceptors (Lipinski definition) is 3. The van der Waals surface area contributed by atoms with Crippen molar-refractivity contribution in [1.82, 2.24) is 9.80 Å². The van der Waals surface area contributed by atoms with Crippen LogP contribution in [0.25, 0.3) is 0 Å². The molecule has 1 aliphatic heterocycles. The minimum atomic E-state index is -0.0341. The highest BCUT2D eigenvalue weighted by Gasteiger charge is 2.25. The molecular formula is C19H19ClN2O3. The third kappa shape index (κ3) is 3.94. The van der Waals surface area contributed by atoms with Crippen LogP contribution in [0.3, 0.4) is 0 Å². The van der Waals surface area contributed by atoms with Crippen LogP contribution < -0.4 is 4.74 Å². The predicted octanol–water partition coefficient (Wildman–Crippen LogP) is 2.95. The highest BCUT2D eigenvalue weighted by Crippen LogP contribution is 2.16. The highest BCUT2D eigenvalue weighted by atomic mass is 35.5. The number of nitrogens with zero attached hydrogens (tertiary/aromatic N) is 2. The van der Waals surface area contributed by atoms with Crippen LogP contribution in [0.2, 0.25) is 5.02 Å². The van der Waals surface area contributed by atoms with E-state index >= 15 is 0 Å². The molecule has 0 spiro atoms. The van der Waals surface area contributed by atoms with E-state index < -0.39 is 0 Å². The Bertz CT molecular complexity index is 751. The maximum Gasteiger partial charge on any atom is 0.253 e. The van der Waals surface area contributed by atoms with Crippen LogP contribution in [0, 0.1) is 0 Å². The molecule has 0 saturated carbocycles. The first kappa shape index (κ1) is 17.3. The number of ether oxygens (including phenoxy) is 1. The van der Waals surface area contributed by atoms with E-state index in [0.29, 0.717) is 42.3 Å². The summed E-state index contributed by atoms with van der Waals surface area (Å²) < 4.78 is 5.11. The fourth-order valence-electron chi connectivity index (χ4n) is 2.80. The van der Waals surface area contributed by atoms with E-state index in [0.717, 1.165) is 5.75 Å². The minimum Gasteiger partial charge on any atom is -0.497 e. The maximum atomic E-state index is 12.6. The molecule has 3 rings (SSSR count). The van der Waals surface area contributed by atoms with Crippen molar-refractivity contribution in [1.29, 1.82) is 0 Å². The topological polar surface area (TPSA) is 49.9 Å². The van der Waals surface area contributed by atoms with Crippen molar-refractivity contribution >= 4 is 23.4 Å². The molecular weight excluding hydrogens is 340 g/mol. The fraction of sp³-hybridized carbons (Fsp3) is 0.263. The number of methoxy groups -OCH3 is 1. The zero-order valence-electron chi connectivity index (χ0n) is 13.9. The van der Waals surface area contributed by atoms with Gasteiger partial charge in [-0.2, -0.15) is 0 Å². The van der Waals surface area contributed by atoms with Gasteiger partial charge in [-0.1, -0.05) is 11.6 Å². The summed E-state index contributed by atoms with van der Waals surface area (Å²) >= 11 is 5.86. The summed E-state index contributed by atoms with van der Waals surface area (Å²) in [5.41, 5.74) is 1.23. The molecule has 130 valence electrons. The second kappa shape index (κ2) is 7.57. The number of rotatable bonds is 3. The van der Waals surface area contributed by atoms with Gasteiger partial charge in [0, 0.05) is 42.3 Å². The Labute approximate surface area is 151 Å². The lowest BCUT2D eigenvalue weighted by Crippen LogP contribution is -2.50. The normalized spacial score (nSPS) is 14.3. The molecule has 0 N–H and O–H groups in total. The van der Waals surface area contributed by atoms with E-state index in [9.17, 15) is 9.59 Å². The van der Waals surface area contributed by atoms with Gasteiger partial charge in [0.25, 0.3) is 11.8 Å². The molecule has 0 bridgehead atoms. The SMILES string of the molecule is COc1ccc(C(=O)N2CCN(C(=O)c3ccc(Cl)cc3)CC2)cc1. The Kier molecular flexibility index (Phi) is 5.24. The largest absolute Gasteiger partial charge is 0.497 e. The van der Waals surface area contributed by atoms with Gasteiger partial charge in [0.1, 0.15) is 5.75 Å². The third-order valence-electron chi connectivity index (χ3n) is 4.28. The summed E-state index contributed by atoms with van der Waals surface area (Å²) in [4.78, 5) is 28.6. The third-order valence-corrected chi connectivity index (χ3v) is 4.53. The van der Waals surface area contributed by atoms with Crippen molar-refractivity contribution in [3.8, 4) is 5.75 Å². The predicted molar refractivity (Wildman–Crippen MR) is 96.3 cm³/mol. The molecule has 1 aliphatic rings. The van der Waals surface area contributed by atoms with Crippen molar-refractivity contribution in [3.63, 3.8) is 0 Å². The summed E-state index contributed by atoms with van der Waals surface area (Å²) in [7, 11) is 1.59. The number of piperazine rings is 1. The standard InChI is InChI=1S/C19H19ClN2O3/c1-25-17-8-4-15(5-9-17)19(24)22-12-10-21(11-13-22)18(23)14-2-6-16(20)7-3-14/h2-9H,10-13H2,1H3. The van der Waals surface area contributed by atoms with Gasteiger partial charge in [-0.15, -0.1) is 0 Å². The fourth-order valence-corrected chi connectivity index (χ4v) is 2.93. The summed E-state index contributed by atoms with van der Waals surface area (Å²) in [5.74, 6) is 0.657. The second-order valence-corrected chi connectivity index (χ2v) is 6.26. The Hall–Kier alpha value is -2.53. The monoisotopic (exact) mass is 358 g/mol. The molecule has 5 nitrogen and oxygen atoms in total. The van der Waals surface area contributed by atoms with E-state index in [-0.39, 0.29) is 11.8 Å². The number of carbonyl (C=O) groups is 2. The van der Waals surface area contributed by atoms with Crippen LogP contribution in [0.5, 0.6) is 5.75 Å². The molecule has 2 aromatic rings. The first-order valence-electron chi connectivity index (χ1n) is 8.06. The molecule has 0 atom stereocenters. The molecule has 1 saturated heterocycles. The molecule has 6 heteroatoms. The van der Waals surface area contributed by atoms with Gasteiger partial charge in [-0.05, 0) is 48.5 Å². The van der Waals surface area contributed by atoms with Crippen LogP contribution in [-0.2, 0) is 0 Å². The van der Waals surface area contributed by atoms with Gasteiger partial charge in [0.2, 0.25) is 0 Å². The van der Waals surface area contributed by atoms with Gasteiger partial charge in [0.15, 0.2) is 0 Å². The molecule has 2 amide bonds. The highest BCUT2D eigenvalue weighted by molar-refractivity contribution is 6.30. The van der Waals surface area contributed by atoms with Crippen LogP contribution in [0.1, 0.15) is 20.7 Å². The zero-order chi connectivity index (χ0) is 17.8. The Balaban J connectivity index is 1.60. The van der Waals surface area contributed by atoms with E-state index in [2.05, 4.69) is 0 Å². The molecule has 0 radical (unpaired) electrons. The van der Waals surface area contributed by atoms with E-state index in [1.807, 2.05) is 0 Å². The van der Waals surface area contributed by atoms with Gasteiger partial charge in [-0.25, -0.2) is 0 Å². The first-order valence-corrected chi connectivity index (χ1v) is 8.44. The molecule has 25 heavy (non-hydrogen) atoms. The number of benzene rings is 2. The molecule has 1 heterocycles. The average Bonchev–Trinajstić information content (AvgIpc) is 2.67. The summed E-state index contributed by atoms with van der Waals surface area (Å²) in [5, 5.41) is 0.603. The number of carbonyl (C=O) groups excluding carboxylic acids is 2. The van der Waals surface area contributed by atoms with Crippen molar-refractivity contribution in [3.05, 3.63) is 64.7 Å². The quantitative estimate of drug-likeness (QED) is 0.847. The van der Waals surface area contributed by atoms with Crippen molar-refractivity contribution in [2.45, 2.75) is 0 Å². The van der Waals surface area contributed by atoms with Gasteiger partial charge >= 0.3 is 0 Å². The zero-order valence-corrected chi connectivity index (χ0v) is 14.7. The van der Waals surface area contributed by atoms with E-state index in [1.54, 1.807) is 65.4 Å². The van der Waals surface area contributed by atoms with Crippen LogP contribution >= 0.6 is 11.6 Å². The number of halogens is 1. The lowest BCUT2D eigenvalue weighted by atomic mass is 10.1. The first-order chi connectivity index (χ1) is 12.1. The smallest absolute Gasteiger partial charge is 0.253 e. The van der Waals surface area contributed by atoms with Crippen LogP contribution in [0.15, 0.2) is 48.5 Å². The Morgan fingerprint density at radius 3 is 1.60 bits per heavy atom. The molecule has 0 unspecified atom stereocenters. The molecule has 0 aromatic heterocycles. The molecule has 2 aromatic carbocycles. The Morgan fingerprint density at radius 1 is 0.800 bits per heavy atom. The molecule has 1 fully saturated rings. The second-order valence-electron chi connectivity index (χ2n) is 5.82. The lowest BCUT2D eigenvalue weighted by Gasteiger charge is -2.35. The maximum absolute atomic E-state index is 12.6.